The summed E-state index contributed by atoms with van der Waals surface area (Å²) >= 11 is 0. The van der Waals surface area contributed by atoms with E-state index in [0.29, 0.717) is 12.1 Å². The van der Waals surface area contributed by atoms with Crippen LogP contribution in [0, 0.1) is 0 Å². The molecule has 0 aromatic heterocycles. The molecule has 21 heavy (non-hydrogen) atoms. The second-order valence-electron chi connectivity index (χ2n) is 7.53. The van der Waals surface area contributed by atoms with Crippen molar-refractivity contribution >= 4 is 6.09 Å². The van der Waals surface area contributed by atoms with Gasteiger partial charge in [0, 0.05) is 31.2 Å². The highest BCUT2D eigenvalue weighted by molar-refractivity contribution is 5.68. The van der Waals surface area contributed by atoms with Crippen LogP contribution in [0.15, 0.2) is 0 Å². The molecule has 1 aliphatic heterocycles. The number of hydrogen-bond donors (Lipinski definition) is 2. The van der Waals surface area contributed by atoms with E-state index in [1.165, 1.54) is 12.8 Å². The summed E-state index contributed by atoms with van der Waals surface area (Å²) in [6.07, 6.45) is 6.51. The summed E-state index contributed by atoms with van der Waals surface area (Å²) in [4.78, 5) is 14.4. The number of piperidine rings is 1. The second-order valence-corrected chi connectivity index (χ2v) is 7.53. The van der Waals surface area contributed by atoms with Crippen molar-refractivity contribution in [2.24, 2.45) is 5.73 Å². The number of amides is 1. The third-order valence-electron chi connectivity index (χ3n) is 4.51. The number of likely N-dealkylation sites (tertiary alicyclic amines) is 1. The van der Waals surface area contributed by atoms with Crippen LogP contribution in [0.25, 0.3) is 0 Å². The van der Waals surface area contributed by atoms with E-state index in [9.17, 15) is 4.79 Å². The summed E-state index contributed by atoms with van der Waals surface area (Å²) in [5.41, 5.74) is 5.55. The van der Waals surface area contributed by atoms with E-state index in [0.717, 1.165) is 38.8 Å². The van der Waals surface area contributed by atoms with Gasteiger partial charge in [-0.25, -0.2) is 4.79 Å². The first kappa shape index (κ1) is 16.6. The molecule has 1 saturated carbocycles. The lowest BCUT2D eigenvalue weighted by atomic mass is 9.89. The van der Waals surface area contributed by atoms with Crippen LogP contribution in [-0.2, 0) is 4.74 Å². The number of nitrogens with one attached hydrogen (secondary N) is 1. The van der Waals surface area contributed by atoms with Crippen molar-refractivity contribution in [1.29, 1.82) is 0 Å². The van der Waals surface area contributed by atoms with Gasteiger partial charge in [-0.3, -0.25) is 0 Å². The minimum atomic E-state index is -0.425. The summed E-state index contributed by atoms with van der Waals surface area (Å²) < 4.78 is 5.32. The molecular formula is C16H31N3O2. The van der Waals surface area contributed by atoms with Gasteiger partial charge in [0.1, 0.15) is 5.60 Å². The molecule has 0 unspecified atom stereocenters. The van der Waals surface area contributed by atoms with Gasteiger partial charge in [0.15, 0.2) is 0 Å². The van der Waals surface area contributed by atoms with Gasteiger partial charge >= 0.3 is 6.09 Å². The Morgan fingerprint density at radius 3 is 2.19 bits per heavy atom. The lowest BCUT2D eigenvalue weighted by Crippen LogP contribution is -2.50. The molecule has 5 heteroatoms. The molecule has 2 fully saturated rings. The Kier molecular flexibility index (Phi) is 5.49. The maximum Gasteiger partial charge on any atom is 0.407 e. The third-order valence-corrected chi connectivity index (χ3v) is 4.51. The zero-order valence-electron chi connectivity index (χ0n) is 13.7. The highest BCUT2D eigenvalue weighted by Crippen LogP contribution is 2.25. The average Bonchev–Trinajstić information content (AvgIpc) is 2.38. The van der Waals surface area contributed by atoms with Gasteiger partial charge in [-0.1, -0.05) is 0 Å². The molecule has 0 bridgehead atoms. The van der Waals surface area contributed by atoms with Gasteiger partial charge in [-0.2, -0.15) is 0 Å². The first-order valence-corrected chi connectivity index (χ1v) is 8.32. The maximum absolute atomic E-state index is 11.8. The topological polar surface area (TPSA) is 67.6 Å². The molecule has 2 aliphatic rings. The van der Waals surface area contributed by atoms with Crippen molar-refractivity contribution < 1.29 is 9.53 Å². The zero-order valence-corrected chi connectivity index (χ0v) is 13.7. The van der Waals surface area contributed by atoms with Crippen molar-refractivity contribution in [2.75, 3.05) is 13.1 Å². The first-order valence-electron chi connectivity index (χ1n) is 8.32. The minimum Gasteiger partial charge on any atom is -0.444 e. The summed E-state index contributed by atoms with van der Waals surface area (Å²) in [7, 11) is 0. The molecule has 0 aromatic carbocycles. The molecule has 0 spiro atoms. The predicted octanol–water partition coefficient (Wildman–Crippen LogP) is 2.25. The lowest BCUT2D eigenvalue weighted by Gasteiger charge is -2.40. The SMILES string of the molecule is CC(C)(C)OC(=O)NC1CCN(C2CCC(N)CC2)CC1. The van der Waals surface area contributed by atoms with Gasteiger partial charge in [0.05, 0.1) is 0 Å². The van der Waals surface area contributed by atoms with Gasteiger partial charge < -0.3 is 20.7 Å². The van der Waals surface area contributed by atoms with Gasteiger partial charge in [-0.15, -0.1) is 0 Å². The van der Waals surface area contributed by atoms with E-state index in [-0.39, 0.29) is 12.1 Å². The number of hydrogen-bond acceptors (Lipinski definition) is 4. The van der Waals surface area contributed by atoms with Crippen molar-refractivity contribution in [1.82, 2.24) is 10.2 Å². The highest BCUT2D eigenvalue weighted by atomic mass is 16.6. The Bertz CT molecular complexity index is 338. The number of alkyl carbamates (subject to hydrolysis) is 1. The van der Waals surface area contributed by atoms with Crippen LogP contribution in [0.3, 0.4) is 0 Å². The Morgan fingerprint density at radius 1 is 1.10 bits per heavy atom. The second kappa shape index (κ2) is 6.97. The molecule has 5 nitrogen and oxygen atoms in total. The fraction of sp³-hybridized carbons (Fsp3) is 0.938. The molecule has 3 N–H and O–H groups in total. The van der Waals surface area contributed by atoms with E-state index in [4.69, 9.17) is 10.5 Å². The third kappa shape index (κ3) is 5.47. The molecule has 1 saturated heterocycles. The Balaban J connectivity index is 1.69. The summed E-state index contributed by atoms with van der Waals surface area (Å²) in [6.45, 7) is 7.82. The van der Waals surface area contributed by atoms with E-state index in [1.54, 1.807) is 0 Å². The van der Waals surface area contributed by atoms with Crippen LogP contribution in [0.5, 0.6) is 0 Å². The van der Waals surface area contributed by atoms with Crippen LogP contribution in [0.4, 0.5) is 4.79 Å². The molecular weight excluding hydrogens is 266 g/mol. The van der Waals surface area contributed by atoms with Crippen LogP contribution in [0.2, 0.25) is 0 Å². The number of carbonyl (C=O) groups is 1. The van der Waals surface area contributed by atoms with Crippen LogP contribution >= 0.6 is 0 Å². The van der Waals surface area contributed by atoms with Crippen LogP contribution in [-0.4, -0.2) is 47.8 Å². The Labute approximate surface area is 128 Å². The summed E-state index contributed by atoms with van der Waals surface area (Å²) in [5, 5.41) is 3.00. The van der Waals surface area contributed by atoms with E-state index >= 15 is 0 Å². The molecule has 1 amide bonds. The van der Waals surface area contributed by atoms with Crippen LogP contribution < -0.4 is 11.1 Å². The normalized spacial score (nSPS) is 29.1. The van der Waals surface area contributed by atoms with E-state index in [1.807, 2.05) is 20.8 Å². The van der Waals surface area contributed by atoms with Crippen molar-refractivity contribution in [3.8, 4) is 0 Å². The van der Waals surface area contributed by atoms with Gasteiger partial charge in [-0.05, 0) is 59.3 Å². The maximum atomic E-state index is 11.8. The number of nitrogens with two attached hydrogens (primary N) is 1. The molecule has 0 atom stereocenters. The molecule has 0 aromatic rings. The van der Waals surface area contributed by atoms with Gasteiger partial charge in [0.2, 0.25) is 0 Å². The largest absolute Gasteiger partial charge is 0.444 e. The first-order chi connectivity index (χ1) is 9.83. The van der Waals surface area contributed by atoms with E-state index < -0.39 is 5.60 Å². The predicted molar refractivity (Wildman–Crippen MR) is 84.2 cm³/mol. The Hall–Kier alpha value is -0.810. The van der Waals surface area contributed by atoms with Crippen LogP contribution in [0.1, 0.15) is 59.3 Å². The van der Waals surface area contributed by atoms with Crippen molar-refractivity contribution in [3.63, 3.8) is 0 Å². The molecule has 1 heterocycles. The average molecular weight is 297 g/mol. The fourth-order valence-electron chi connectivity index (χ4n) is 3.35. The monoisotopic (exact) mass is 297 g/mol. The van der Waals surface area contributed by atoms with Crippen molar-refractivity contribution in [3.05, 3.63) is 0 Å². The molecule has 1 aliphatic carbocycles. The van der Waals surface area contributed by atoms with Gasteiger partial charge in [0.25, 0.3) is 0 Å². The Morgan fingerprint density at radius 2 is 1.67 bits per heavy atom. The number of ether oxygens (including phenoxy) is 1. The fourth-order valence-corrected chi connectivity index (χ4v) is 3.35. The highest BCUT2D eigenvalue weighted by Gasteiger charge is 2.29. The number of carbonyl (C=O) groups excluding carboxylic acids is 1. The van der Waals surface area contributed by atoms with Crippen molar-refractivity contribution in [2.45, 2.75) is 83.0 Å². The standard InChI is InChI=1S/C16H31N3O2/c1-16(2,3)21-15(20)18-13-8-10-19(11-9-13)14-6-4-12(17)5-7-14/h12-14H,4-11,17H2,1-3H3,(H,18,20). The minimum absolute atomic E-state index is 0.252. The molecule has 2 rings (SSSR count). The van der Waals surface area contributed by atoms with E-state index in [2.05, 4.69) is 10.2 Å². The lowest BCUT2D eigenvalue weighted by molar-refractivity contribution is 0.0458. The molecule has 0 radical (unpaired) electrons. The smallest absolute Gasteiger partial charge is 0.407 e. The summed E-state index contributed by atoms with van der Waals surface area (Å²) in [6, 6.07) is 1.36. The molecule has 122 valence electrons. The quantitative estimate of drug-likeness (QED) is 0.820. The zero-order chi connectivity index (χ0) is 15.5. The number of rotatable bonds is 2. The number of nitrogens with zero attached hydrogens (tertiary/aromatic N) is 1. The summed E-state index contributed by atoms with van der Waals surface area (Å²) in [5.74, 6) is 0.